The van der Waals surface area contributed by atoms with Gasteiger partial charge in [0.2, 0.25) is 0 Å². The van der Waals surface area contributed by atoms with Gasteiger partial charge in [-0.05, 0) is 44.2 Å². The summed E-state index contributed by atoms with van der Waals surface area (Å²) in [6, 6.07) is 2.03. The number of hydrogen-bond acceptors (Lipinski definition) is 3. The van der Waals surface area contributed by atoms with Crippen LogP contribution in [0.2, 0.25) is 0 Å². The maximum absolute atomic E-state index is 7.77. The molecule has 0 saturated heterocycles. The van der Waals surface area contributed by atoms with Crippen molar-refractivity contribution >= 4 is 5.84 Å². The van der Waals surface area contributed by atoms with Gasteiger partial charge in [0.05, 0.1) is 5.56 Å². The number of rotatable bonds is 2. The molecule has 0 fully saturated rings. The number of aryl methyl sites for hydroxylation is 3. The van der Waals surface area contributed by atoms with E-state index in [1.807, 2.05) is 23.8 Å². The molecular weight excluding hydrogens is 238 g/mol. The van der Waals surface area contributed by atoms with E-state index in [1.54, 1.807) is 6.20 Å². The third-order valence-electron chi connectivity index (χ3n) is 3.62. The molecule has 2 aromatic rings. The van der Waals surface area contributed by atoms with Gasteiger partial charge in [0.1, 0.15) is 17.5 Å². The van der Waals surface area contributed by atoms with Crippen LogP contribution < -0.4 is 5.73 Å². The van der Waals surface area contributed by atoms with E-state index in [-0.39, 0.29) is 5.84 Å². The average Bonchev–Trinajstić information content (AvgIpc) is 2.83. The maximum atomic E-state index is 7.77. The van der Waals surface area contributed by atoms with Crippen molar-refractivity contribution in [3.63, 3.8) is 0 Å². The molecule has 2 aromatic heterocycles. The highest BCUT2D eigenvalue weighted by Crippen LogP contribution is 2.24. The quantitative estimate of drug-likeness (QED) is 0.633. The molecule has 0 atom stereocenters. The van der Waals surface area contributed by atoms with Gasteiger partial charge in [0.25, 0.3) is 0 Å². The number of imidazole rings is 1. The number of nitrogens with one attached hydrogen (secondary N) is 1. The average molecular weight is 255 g/mol. The Hall–Kier alpha value is -2.17. The van der Waals surface area contributed by atoms with Crippen LogP contribution >= 0.6 is 0 Å². The normalized spacial score (nSPS) is 14.2. The molecule has 3 rings (SSSR count). The minimum absolute atomic E-state index is 0.0592. The lowest BCUT2D eigenvalue weighted by Crippen LogP contribution is -2.19. The van der Waals surface area contributed by atoms with Crippen LogP contribution in [0.4, 0.5) is 0 Å². The Kier molecular flexibility index (Phi) is 2.81. The first-order valence-electron chi connectivity index (χ1n) is 6.54. The van der Waals surface area contributed by atoms with E-state index in [0.717, 1.165) is 30.2 Å². The van der Waals surface area contributed by atoms with E-state index in [4.69, 9.17) is 16.1 Å². The SMILES string of the molecule is Cc1nccn1-c1nc2c(cc1C(=N)N)CCCC2. The molecule has 5 nitrogen and oxygen atoms in total. The second-order valence-electron chi connectivity index (χ2n) is 4.93. The summed E-state index contributed by atoms with van der Waals surface area (Å²) < 4.78 is 1.89. The predicted octanol–water partition coefficient (Wildman–Crippen LogP) is 1.74. The zero-order valence-corrected chi connectivity index (χ0v) is 11.0. The van der Waals surface area contributed by atoms with Crippen LogP contribution in [0.3, 0.4) is 0 Å². The Balaban J connectivity index is 2.22. The van der Waals surface area contributed by atoms with Crippen LogP contribution in [-0.4, -0.2) is 20.4 Å². The first-order valence-corrected chi connectivity index (χ1v) is 6.54. The van der Waals surface area contributed by atoms with Gasteiger partial charge in [-0.1, -0.05) is 0 Å². The van der Waals surface area contributed by atoms with Crippen LogP contribution in [-0.2, 0) is 12.8 Å². The summed E-state index contributed by atoms with van der Waals surface area (Å²) in [5, 5.41) is 7.77. The minimum atomic E-state index is 0.0592. The molecule has 98 valence electrons. The number of nitrogens with two attached hydrogens (primary N) is 1. The van der Waals surface area contributed by atoms with Gasteiger partial charge in [-0.2, -0.15) is 0 Å². The lowest BCUT2D eigenvalue weighted by molar-refractivity contribution is 0.664. The topological polar surface area (TPSA) is 80.6 Å². The monoisotopic (exact) mass is 255 g/mol. The van der Waals surface area contributed by atoms with Gasteiger partial charge in [0.15, 0.2) is 0 Å². The van der Waals surface area contributed by atoms with Crippen molar-refractivity contribution in [1.82, 2.24) is 14.5 Å². The fourth-order valence-electron chi connectivity index (χ4n) is 2.61. The molecule has 0 bridgehead atoms. The second kappa shape index (κ2) is 4.50. The zero-order valence-electron chi connectivity index (χ0n) is 11.0. The molecular formula is C14H17N5. The molecule has 0 aromatic carbocycles. The first-order chi connectivity index (χ1) is 9.16. The molecule has 0 aliphatic heterocycles. The molecule has 0 unspecified atom stereocenters. The zero-order chi connectivity index (χ0) is 13.4. The summed E-state index contributed by atoms with van der Waals surface area (Å²) in [6.07, 6.45) is 8.01. The first kappa shape index (κ1) is 11.9. The van der Waals surface area contributed by atoms with Crippen molar-refractivity contribution in [3.8, 4) is 5.82 Å². The predicted molar refractivity (Wildman–Crippen MR) is 73.8 cm³/mol. The van der Waals surface area contributed by atoms with E-state index in [9.17, 15) is 0 Å². The Morgan fingerprint density at radius 1 is 1.37 bits per heavy atom. The number of pyridine rings is 1. The molecule has 1 aliphatic carbocycles. The Labute approximate surface area is 112 Å². The Bertz CT molecular complexity index is 641. The summed E-state index contributed by atoms with van der Waals surface area (Å²) in [5.74, 6) is 1.64. The number of hydrogen-bond donors (Lipinski definition) is 2. The van der Waals surface area contributed by atoms with Gasteiger partial charge in [-0.15, -0.1) is 0 Å². The third kappa shape index (κ3) is 2.01. The number of amidine groups is 1. The van der Waals surface area contributed by atoms with Gasteiger partial charge in [-0.3, -0.25) is 9.98 Å². The highest BCUT2D eigenvalue weighted by Gasteiger charge is 2.18. The van der Waals surface area contributed by atoms with Crippen LogP contribution in [0.5, 0.6) is 0 Å². The van der Waals surface area contributed by atoms with E-state index < -0.39 is 0 Å². The van der Waals surface area contributed by atoms with Crippen molar-refractivity contribution in [2.75, 3.05) is 0 Å². The smallest absolute Gasteiger partial charge is 0.149 e. The molecule has 0 amide bonds. The van der Waals surface area contributed by atoms with Gasteiger partial charge < -0.3 is 5.73 Å². The summed E-state index contributed by atoms with van der Waals surface area (Å²) in [7, 11) is 0. The lowest BCUT2D eigenvalue weighted by atomic mass is 9.94. The van der Waals surface area contributed by atoms with E-state index in [0.29, 0.717) is 5.56 Å². The third-order valence-corrected chi connectivity index (χ3v) is 3.62. The van der Waals surface area contributed by atoms with Gasteiger partial charge in [0, 0.05) is 18.1 Å². The second-order valence-corrected chi connectivity index (χ2v) is 4.93. The summed E-state index contributed by atoms with van der Waals surface area (Å²) >= 11 is 0. The Morgan fingerprint density at radius 2 is 2.16 bits per heavy atom. The van der Waals surface area contributed by atoms with Crippen molar-refractivity contribution in [3.05, 3.63) is 41.1 Å². The van der Waals surface area contributed by atoms with Gasteiger partial charge >= 0.3 is 0 Å². The van der Waals surface area contributed by atoms with Crippen molar-refractivity contribution in [2.24, 2.45) is 5.73 Å². The molecule has 3 N–H and O–H groups in total. The minimum Gasteiger partial charge on any atom is -0.384 e. The lowest BCUT2D eigenvalue weighted by Gasteiger charge is -2.19. The van der Waals surface area contributed by atoms with Crippen LogP contribution in [0.15, 0.2) is 18.5 Å². The molecule has 5 heteroatoms. The molecule has 0 spiro atoms. The van der Waals surface area contributed by atoms with Gasteiger partial charge in [-0.25, -0.2) is 9.97 Å². The standard InChI is InChI=1S/C14H17N5/c1-9-17-6-7-19(9)14-11(13(15)16)8-10-4-2-3-5-12(10)18-14/h6-8H,2-5H2,1H3,(H3,15,16). The molecule has 2 heterocycles. The van der Waals surface area contributed by atoms with Crippen LogP contribution in [0.25, 0.3) is 5.82 Å². The maximum Gasteiger partial charge on any atom is 0.149 e. The summed E-state index contributed by atoms with van der Waals surface area (Å²) in [6.45, 7) is 1.92. The van der Waals surface area contributed by atoms with Crippen molar-refractivity contribution in [1.29, 1.82) is 5.41 Å². The molecule has 1 aliphatic rings. The van der Waals surface area contributed by atoms with E-state index in [2.05, 4.69) is 4.98 Å². The molecule has 0 saturated carbocycles. The number of aromatic nitrogens is 3. The fraction of sp³-hybridized carbons (Fsp3) is 0.357. The summed E-state index contributed by atoms with van der Waals surface area (Å²) in [5.41, 5.74) is 8.78. The number of nitrogen functional groups attached to an aromatic ring is 1. The number of nitrogens with zero attached hydrogens (tertiary/aromatic N) is 3. The van der Waals surface area contributed by atoms with Crippen molar-refractivity contribution < 1.29 is 0 Å². The van der Waals surface area contributed by atoms with E-state index >= 15 is 0 Å². The Morgan fingerprint density at radius 3 is 2.84 bits per heavy atom. The van der Waals surface area contributed by atoms with Crippen molar-refractivity contribution in [2.45, 2.75) is 32.6 Å². The highest BCUT2D eigenvalue weighted by atomic mass is 15.1. The number of fused-ring (bicyclic) bond motifs is 1. The van der Waals surface area contributed by atoms with Crippen LogP contribution in [0, 0.1) is 12.3 Å². The van der Waals surface area contributed by atoms with Crippen LogP contribution in [0.1, 0.15) is 35.5 Å². The van der Waals surface area contributed by atoms with E-state index in [1.165, 1.54) is 18.4 Å². The largest absolute Gasteiger partial charge is 0.384 e. The fourth-order valence-corrected chi connectivity index (χ4v) is 2.61. The summed E-state index contributed by atoms with van der Waals surface area (Å²) in [4.78, 5) is 8.96. The molecule has 0 radical (unpaired) electrons. The highest BCUT2D eigenvalue weighted by molar-refractivity contribution is 5.98. The molecule has 19 heavy (non-hydrogen) atoms.